The molecule has 0 aliphatic heterocycles. The van der Waals surface area contributed by atoms with E-state index in [9.17, 15) is 0 Å². The highest BCUT2D eigenvalue weighted by Gasteiger charge is 2.30. The zero-order chi connectivity index (χ0) is 15.9. The van der Waals surface area contributed by atoms with E-state index in [1.165, 1.54) is 89.9 Å². The largest absolute Gasteiger partial charge is 0.385 e. The fourth-order valence-corrected chi connectivity index (χ4v) is 4.09. The molecule has 2 nitrogen and oxygen atoms in total. The van der Waals surface area contributed by atoms with Gasteiger partial charge < -0.3 is 9.47 Å². The van der Waals surface area contributed by atoms with Gasteiger partial charge in [0.15, 0.2) is 0 Å². The number of unbranched alkanes of at least 4 members (excludes halogenated alkanes) is 4. The van der Waals surface area contributed by atoms with Crippen molar-refractivity contribution in [2.24, 2.45) is 5.41 Å². The average molecular weight is 313 g/mol. The van der Waals surface area contributed by atoms with E-state index >= 15 is 0 Å². The number of rotatable bonds is 14. The second-order valence-corrected chi connectivity index (χ2v) is 7.29. The molecule has 0 heterocycles. The lowest BCUT2D eigenvalue weighted by molar-refractivity contribution is 0.0953. The van der Waals surface area contributed by atoms with Crippen molar-refractivity contribution in [1.82, 2.24) is 0 Å². The third-order valence-electron chi connectivity index (χ3n) is 5.33. The molecular formula is C20H40O2. The van der Waals surface area contributed by atoms with E-state index in [0.29, 0.717) is 5.41 Å². The van der Waals surface area contributed by atoms with Gasteiger partial charge in [-0.25, -0.2) is 0 Å². The van der Waals surface area contributed by atoms with Gasteiger partial charge in [-0.05, 0) is 50.4 Å². The van der Waals surface area contributed by atoms with Crippen molar-refractivity contribution < 1.29 is 9.47 Å². The topological polar surface area (TPSA) is 18.5 Å². The van der Waals surface area contributed by atoms with E-state index in [4.69, 9.17) is 9.47 Å². The average Bonchev–Trinajstić information content (AvgIpc) is 2.54. The molecule has 0 radical (unpaired) electrons. The van der Waals surface area contributed by atoms with Crippen LogP contribution in [0.3, 0.4) is 0 Å². The van der Waals surface area contributed by atoms with Gasteiger partial charge >= 0.3 is 0 Å². The Morgan fingerprint density at radius 1 is 0.727 bits per heavy atom. The lowest BCUT2D eigenvalue weighted by Gasteiger charge is -2.37. The minimum Gasteiger partial charge on any atom is -0.385 e. The molecule has 0 N–H and O–H groups in total. The standard InChI is InChI=1S/C20H40O2/c1-3-13-20(14-8-7-9-15-20)16-12-19-22-18-11-6-4-5-10-17-21-2/h3-19H2,1-2H3. The first-order valence-electron chi connectivity index (χ1n) is 9.90. The van der Waals surface area contributed by atoms with Crippen molar-refractivity contribution in [2.45, 2.75) is 96.8 Å². The SMILES string of the molecule is CCCC1(CCCOCCCCCCCOC)CCCCC1. The van der Waals surface area contributed by atoms with E-state index in [0.717, 1.165) is 19.8 Å². The summed E-state index contributed by atoms with van der Waals surface area (Å²) in [5.74, 6) is 0. The van der Waals surface area contributed by atoms with Crippen molar-refractivity contribution >= 4 is 0 Å². The predicted octanol–water partition coefficient (Wildman–Crippen LogP) is 6.13. The molecule has 0 aromatic heterocycles. The monoisotopic (exact) mass is 312 g/mol. The molecule has 1 aliphatic carbocycles. The van der Waals surface area contributed by atoms with Gasteiger partial charge in [0.2, 0.25) is 0 Å². The molecule has 0 atom stereocenters. The molecule has 132 valence electrons. The van der Waals surface area contributed by atoms with Crippen LogP contribution in [0.4, 0.5) is 0 Å². The molecular weight excluding hydrogens is 272 g/mol. The molecule has 2 heteroatoms. The van der Waals surface area contributed by atoms with E-state index in [1.54, 1.807) is 7.11 Å². The summed E-state index contributed by atoms with van der Waals surface area (Å²) in [5.41, 5.74) is 0.678. The maximum Gasteiger partial charge on any atom is 0.0466 e. The van der Waals surface area contributed by atoms with Gasteiger partial charge in [-0.2, -0.15) is 0 Å². The molecule has 0 spiro atoms. The summed E-state index contributed by atoms with van der Waals surface area (Å²) in [6.07, 6.45) is 19.2. The van der Waals surface area contributed by atoms with E-state index in [1.807, 2.05) is 0 Å². The molecule has 1 aliphatic rings. The second kappa shape index (κ2) is 13.4. The minimum atomic E-state index is 0.678. The molecule has 0 saturated heterocycles. The van der Waals surface area contributed by atoms with Crippen LogP contribution in [0.5, 0.6) is 0 Å². The fraction of sp³-hybridized carbons (Fsp3) is 1.00. The Morgan fingerprint density at radius 3 is 2.05 bits per heavy atom. The summed E-state index contributed by atoms with van der Waals surface area (Å²) in [7, 11) is 1.78. The summed E-state index contributed by atoms with van der Waals surface area (Å²) in [4.78, 5) is 0. The Hall–Kier alpha value is -0.0800. The van der Waals surface area contributed by atoms with Crippen molar-refractivity contribution in [3.8, 4) is 0 Å². The van der Waals surface area contributed by atoms with Crippen LogP contribution in [0.1, 0.15) is 96.8 Å². The normalized spacial score (nSPS) is 17.7. The summed E-state index contributed by atoms with van der Waals surface area (Å²) in [6.45, 7) is 5.20. The third kappa shape index (κ3) is 9.15. The van der Waals surface area contributed by atoms with E-state index in [-0.39, 0.29) is 0 Å². The van der Waals surface area contributed by atoms with Crippen LogP contribution in [0.2, 0.25) is 0 Å². The van der Waals surface area contributed by atoms with E-state index < -0.39 is 0 Å². The van der Waals surface area contributed by atoms with Crippen LogP contribution in [0.25, 0.3) is 0 Å². The van der Waals surface area contributed by atoms with E-state index in [2.05, 4.69) is 6.92 Å². The van der Waals surface area contributed by atoms with Crippen molar-refractivity contribution in [3.05, 3.63) is 0 Å². The first-order chi connectivity index (χ1) is 10.8. The maximum absolute atomic E-state index is 5.85. The molecule has 1 saturated carbocycles. The summed E-state index contributed by atoms with van der Waals surface area (Å²) < 4.78 is 10.9. The fourth-order valence-electron chi connectivity index (χ4n) is 4.09. The molecule has 1 rings (SSSR count). The van der Waals surface area contributed by atoms with Crippen LogP contribution in [-0.4, -0.2) is 26.9 Å². The van der Waals surface area contributed by atoms with Gasteiger partial charge in [0, 0.05) is 26.9 Å². The van der Waals surface area contributed by atoms with Crippen molar-refractivity contribution in [2.75, 3.05) is 26.9 Å². The lowest BCUT2D eigenvalue weighted by atomic mass is 9.68. The Kier molecular flexibility index (Phi) is 12.1. The maximum atomic E-state index is 5.85. The van der Waals surface area contributed by atoms with Crippen LogP contribution < -0.4 is 0 Å². The summed E-state index contributed by atoms with van der Waals surface area (Å²) >= 11 is 0. The quantitative estimate of drug-likeness (QED) is 0.359. The highest BCUT2D eigenvalue weighted by atomic mass is 16.5. The van der Waals surface area contributed by atoms with Gasteiger partial charge in [-0.1, -0.05) is 51.9 Å². The lowest BCUT2D eigenvalue weighted by Crippen LogP contribution is -2.24. The molecule has 1 fully saturated rings. The van der Waals surface area contributed by atoms with Gasteiger partial charge in [0.25, 0.3) is 0 Å². The van der Waals surface area contributed by atoms with Crippen molar-refractivity contribution in [1.29, 1.82) is 0 Å². The Balaban J connectivity index is 1.93. The predicted molar refractivity (Wildman–Crippen MR) is 95.4 cm³/mol. The van der Waals surface area contributed by atoms with Gasteiger partial charge in [-0.15, -0.1) is 0 Å². The third-order valence-corrected chi connectivity index (χ3v) is 5.33. The summed E-state index contributed by atoms with van der Waals surface area (Å²) in [5, 5.41) is 0. The molecule has 0 amide bonds. The van der Waals surface area contributed by atoms with Crippen LogP contribution in [-0.2, 0) is 9.47 Å². The number of hydrogen-bond acceptors (Lipinski definition) is 2. The molecule has 22 heavy (non-hydrogen) atoms. The summed E-state index contributed by atoms with van der Waals surface area (Å²) in [6, 6.07) is 0. The van der Waals surface area contributed by atoms with Crippen LogP contribution in [0.15, 0.2) is 0 Å². The first kappa shape index (κ1) is 20.0. The zero-order valence-corrected chi connectivity index (χ0v) is 15.3. The first-order valence-corrected chi connectivity index (χ1v) is 9.90. The van der Waals surface area contributed by atoms with Gasteiger partial charge in [-0.3, -0.25) is 0 Å². The van der Waals surface area contributed by atoms with Crippen LogP contribution in [0, 0.1) is 5.41 Å². The van der Waals surface area contributed by atoms with Crippen LogP contribution >= 0.6 is 0 Å². The number of methoxy groups -OCH3 is 1. The highest BCUT2D eigenvalue weighted by molar-refractivity contribution is 4.82. The second-order valence-electron chi connectivity index (χ2n) is 7.29. The zero-order valence-electron chi connectivity index (χ0n) is 15.3. The van der Waals surface area contributed by atoms with Crippen molar-refractivity contribution in [3.63, 3.8) is 0 Å². The Morgan fingerprint density at radius 2 is 1.36 bits per heavy atom. The number of ether oxygens (including phenoxy) is 2. The van der Waals surface area contributed by atoms with Gasteiger partial charge in [0.1, 0.15) is 0 Å². The molecule has 0 bridgehead atoms. The molecule has 0 unspecified atom stereocenters. The van der Waals surface area contributed by atoms with Gasteiger partial charge in [0.05, 0.1) is 0 Å². The smallest absolute Gasteiger partial charge is 0.0466 e. The molecule has 0 aromatic rings. The number of hydrogen-bond donors (Lipinski definition) is 0. The Bertz CT molecular complexity index is 228. The highest BCUT2D eigenvalue weighted by Crippen LogP contribution is 2.43. The molecule has 0 aromatic carbocycles. The minimum absolute atomic E-state index is 0.678. The Labute approximate surface area is 139 Å².